The lowest BCUT2D eigenvalue weighted by molar-refractivity contribution is 0.0564. The lowest BCUT2D eigenvalue weighted by atomic mass is 10.0. The molecule has 1 N–H and O–H groups in total. The van der Waals surface area contributed by atoms with E-state index in [1.807, 2.05) is 12.4 Å². The quantitative estimate of drug-likeness (QED) is 0.687. The second kappa shape index (κ2) is 9.28. The normalized spacial score (nSPS) is 18.5. The molecular weight excluding hydrogens is 346 g/mol. The minimum Gasteiger partial charge on any atom is -0.396 e. The first-order valence-corrected chi connectivity index (χ1v) is 10.3. The van der Waals surface area contributed by atoms with Crippen molar-refractivity contribution in [1.82, 2.24) is 14.8 Å². The van der Waals surface area contributed by atoms with Gasteiger partial charge < -0.3 is 5.11 Å². The summed E-state index contributed by atoms with van der Waals surface area (Å²) in [4.78, 5) is 9.34. The van der Waals surface area contributed by atoms with Gasteiger partial charge in [0.15, 0.2) is 0 Å². The molecule has 2 aromatic carbocycles. The molecule has 0 spiro atoms. The zero-order valence-corrected chi connectivity index (χ0v) is 16.4. The van der Waals surface area contributed by atoms with Gasteiger partial charge in [-0.3, -0.25) is 14.8 Å². The third-order valence-electron chi connectivity index (χ3n) is 5.85. The van der Waals surface area contributed by atoms with Crippen LogP contribution in [-0.2, 0) is 13.0 Å². The molecule has 0 bridgehead atoms. The number of pyridine rings is 1. The third-order valence-corrected chi connectivity index (χ3v) is 5.85. The maximum Gasteiger partial charge on any atom is 0.0446 e. The van der Waals surface area contributed by atoms with Crippen LogP contribution >= 0.6 is 0 Å². The molecule has 2 heterocycles. The van der Waals surface area contributed by atoms with Crippen molar-refractivity contribution < 1.29 is 5.11 Å². The van der Waals surface area contributed by atoms with E-state index in [4.69, 9.17) is 0 Å². The van der Waals surface area contributed by atoms with Crippen LogP contribution in [-0.4, -0.2) is 58.7 Å². The van der Waals surface area contributed by atoms with Crippen LogP contribution in [0.25, 0.3) is 10.8 Å². The summed E-state index contributed by atoms with van der Waals surface area (Å²) < 4.78 is 0. The van der Waals surface area contributed by atoms with Crippen LogP contribution in [0.5, 0.6) is 0 Å². The van der Waals surface area contributed by atoms with Gasteiger partial charge in [0.25, 0.3) is 0 Å². The largest absolute Gasteiger partial charge is 0.396 e. The van der Waals surface area contributed by atoms with Crippen molar-refractivity contribution in [2.75, 3.05) is 32.8 Å². The predicted octanol–water partition coefficient (Wildman–Crippen LogP) is 3.35. The number of aliphatic hydroxyl groups is 1. The van der Waals surface area contributed by atoms with Crippen molar-refractivity contribution in [3.8, 4) is 0 Å². The van der Waals surface area contributed by atoms with Crippen LogP contribution in [0.4, 0.5) is 0 Å². The first-order valence-electron chi connectivity index (χ1n) is 10.3. The Bertz CT molecular complexity index is 878. The highest BCUT2D eigenvalue weighted by molar-refractivity contribution is 5.84. The van der Waals surface area contributed by atoms with Crippen LogP contribution in [0.3, 0.4) is 0 Å². The molecule has 0 amide bonds. The predicted molar refractivity (Wildman–Crippen MR) is 114 cm³/mol. The van der Waals surface area contributed by atoms with Crippen LogP contribution in [0, 0.1) is 0 Å². The molecule has 0 saturated carbocycles. The average molecular weight is 376 g/mol. The van der Waals surface area contributed by atoms with Crippen molar-refractivity contribution in [2.45, 2.75) is 25.4 Å². The van der Waals surface area contributed by atoms with E-state index in [0.29, 0.717) is 6.04 Å². The molecule has 1 aliphatic rings. The summed E-state index contributed by atoms with van der Waals surface area (Å²) in [6.45, 7) is 5.40. The molecule has 0 aliphatic carbocycles. The molecule has 4 nitrogen and oxygen atoms in total. The summed E-state index contributed by atoms with van der Waals surface area (Å²) in [7, 11) is 0. The molecule has 1 unspecified atom stereocenters. The van der Waals surface area contributed by atoms with Crippen molar-refractivity contribution >= 4 is 10.8 Å². The van der Waals surface area contributed by atoms with Gasteiger partial charge in [-0.25, -0.2) is 0 Å². The van der Waals surface area contributed by atoms with E-state index in [1.54, 1.807) is 0 Å². The number of fused-ring (bicyclic) bond motifs is 1. The first kappa shape index (κ1) is 19.1. The van der Waals surface area contributed by atoms with Gasteiger partial charge in [0.1, 0.15) is 0 Å². The maximum atomic E-state index is 9.59. The van der Waals surface area contributed by atoms with Crippen LogP contribution in [0.1, 0.15) is 17.5 Å². The van der Waals surface area contributed by atoms with Gasteiger partial charge >= 0.3 is 0 Å². The Morgan fingerprint density at radius 2 is 1.89 bits per heavy atom. The maximum absolute atomic E-state index is 9.59. The van der Waals surface area contributed by atoms with Crippen molar-refractivity contribution in [3.05, 3.63) is 78.1 Å². The second-order valence-electron chi connectivity index (χ2n) is 7.69. The topological polar surface area (TPSA) is 39.6 Å². The molecule has 1 aromatic heterocycles. The molecule has 0 radical (unpaired) electrons. The van der Waals surface area contributed by atoms with Gasteiger partial charge in [-0.1, -0.05) is 48.5 Å². The molecule has 1 atom stereocenters. The minimum absolute atomic E-state index is 0.250. The van der Waals surface area contributed by atoms with Gasteiger partial charge in [-0.2, -0.15) is 0 Å². The van der Waals surface area contributed by atoms with Crippen molar-refractivity contribution in [2.24, 2.45) is 0 Å². The van der Waals surface area contributed by atoms with E-state index in [1.165, 1.54) is 21.9 Å². The number of rotatable bonds is 7. The zero-order chi connectivity index (χ0) is 19.2. The highest BCUT2D eigenvalue weighted by Gasteiger charge is 2.26. The molecule has 4 rings (SSSR count). The molecular formula is C24H29N3O. The smallest absolute Gasteiger partial charge is 0.0446 e. The van der Waals surface area contributed by atoms with Crippen LogP contribution in [0.15, 0.2) is 67.0 Å². The number of nitrogens with zero attached hydrogens (tertiary/aromatic N) is 3. The Labute approximate surface area is 167 Å². The molecule has 4 heteroatoms. The minimum atomic E-state index is 0.250. The molecule has 1 saturated heterocycles. The number of piperazine rings is 1. The Morgan fingerprint density at radius 1 is 1.00 bits per heavy atom. The van der Waals surface area contributed by atoms with E-state index in [0.717, 1.165) is 45.6 Å². The fraction of sp³-hybridized carbons (Fsp3) is 0.375. The number of hydrogen-bond acceptors (Lipinski definition) is 4. The fourth-order valence-corrected chi connectivity index (χ4v) is 4.30. The highest BCUT2D eigenvalue weighted by Crippen LogP contribution is 2.21. The Morgan fingerprint density at radius 3 is 2.75 bits per heavy atom. The molecule has 28 heavy (non-hydrogen) atoms. The third kappa shape index (κ3) is 4.58. The summed E-state index contributed by atoms with van der Waals surface area (Å²) in [5, 5.41) is 12.1. The van der Waals surface area contributed by atoms with E-state index in [-0.39, 0.29) is 6.61 Å². The number of aliphatic hydroxyl groups excluding tert-OH is 1. The van der Waals surface area contributed by atoms with Crippen LogP contribution in [0.2, 0.25) is 0 Å². The highest BCUT2D eigenvalue weighted by atomic mass is 16.3. The Kier molecular flexibility index (Phi) is 6.32. The molecule has 146 valence electrons. The van der Waals surface area contributed by atoms with Crippen molar-refractivity contribution in [3.63, 3.8) is 0 Å². The van der Waals surface area contributed by atoms with Gasteiger partial charge in [-0.15, -0.1) is 0 Å². The summed E-state index contributed by atoms with van der Waals surface area (Å²) in [5.74, 6) is 0. The number of benzene rings is 2. The fourth-order valence-electron chi connectivity index (χ4n) is 4.30. The Balaban J connectivity index is 1.41. The van der Waals surface area contributed by atoms with E-state index in [9.17, 15) is 5.11 Å². The van der Waals surface area contributed by atoms with E-state index >= 15 is 0 Å². The first-order chi connectivity index (χ1) is 13.8. The summed E-state index contributed by atoms with van der Waals surface area (Å²) in [6, 6.07) is 19.7. The Hall–Kier alpha value is -2.27. The average Bonchev–Trinajstić information content (AvgIpc) is 2.74. The second-order valence-corrected chi connectivity index (χ2v) is 7.69. The standard InChI is InChI=1S/C24H29N3O/c28-16-11-23-19-26(14-15-27(23)13-10-20-5-2-1-3-6-20)18-22-8-4-7-21-17-25-12-9-24(21)22/h1-9,12,17,23,28H,10-11,13-16,18-19H2. The van der Waals surface area contributed by atoms with Crippen molar-refractivity contribution in [1.29, 1.82) is 0 Å². The van der Waals surface area contributed by atoms with E-state index < -0.39 is 0 Å². The lowest BCUT2D eigenvalue weighted by Crippen LogP contribution is -2.53. The van der Waals surface area contributed by atoms with Gasteiger partial charge in [-0.05, 0) is 35.4 Å². The zero-order valence-electron chi connectivity index (χ0n) is 16.4. The van der Waals surface area contributed by atoms with Gasteiger partial charge in [0.2, 0.25) is 0 Å². The molecule has 1 fully saturated rings. The van der Waals surface area contributed by atoms with E-state index in [2.05, 4.69) is 69.4 Å². The van der Waals surface area contributed by atoms with Gasteiger partial charge in [0, 0.05) is 63.2 Å². The summed E-state index contributed by atoms with van der Waals surface area (Å²) >= 11 is 0. The van der Waals surface area contributed by atoms with Crippen LogP contribution < -0.4 is 0 Å². The lowest BCUT2D eigenvalue weighted by Gasteiger charge is -2.41. The number of aromatic nitrogens is 1. The molecule has 1 aliphatic heterocycles. The summed E-state index contributed by atoms with van der Waals surface area (Å²) in [5.41, 5.74) is 2.75. The number of hydrogen-bond donors (Lipinski definition) is 1. The SMILES string of the molecule is OCCC1CN(Cc2cccc3cnccc23)CCN1CCc1ccccc1. The summed E-state index contributed by atoms with van der Waals surface area (Å²) in [6.07, 6.45) is 5.72. The monoisotopic (exact) mass is 375 g/mol. The van der Waals surface area contributed by atoms with Gasteiger partial charge in [0.05, 0.1) is 0 Å². The molecule has 3 aromatic rings.